The molecule has 5 nitrogen and oxygen atoms in total. The number of nitrogens with zero attached hydrogens (tertiary/aromatic N) is 3. The number of nitrogens with two attached hydrogens (primary N) is 1. The normalized spacial score (nSPS) is 17.5. The number of piperidine rings is 1. The van der Waals surface area contributed by atoms with E-state index in [4.69, 9.17) is 17.3 Å². The standard InChI is InChI=1S/C16H19ClN4O/c17-13-4-2-1-3-12(13)14-5-6-15(20-19-14)21-9-7-16(22,11-18)8-10-21/h1-6,22H,7-11,18H2. The Bertz CT molecular complexity index is 639. The third-order valence-electron chi connectivity index (χ3n) is 4.20. The van der Waals surface area contributed by atoms with Gasteiger partial charge in [-0.3, -0.25) is 0 Å². The van der Waals surface area contributed by atoms with E-state index in [9.17, 15) is 5.11 Å². The van der Waals surface area contributed by atoms with Crippen LogP contribution in [0.3, 0.4) is 0 Å². The van der Waals surface area contributed by atoms with Gasteiger partial charge < -0.3 is 15.7 Å². The van der Waals surface area contributed by atoms with Crippen LogP contribution in [0.25, 0.3) is 11.3 Å². The molecule has 2 aromatic rings. The highest BCUT2D eigenvalue weighted by Gasteiger charge is 2.31. The van der Waals surface area contributed by atoms with Gasteiger partial charge in [0.15, 0.2) is 5.82 Å². The van der Waals surface area contributed by atoms with Crippen LogP contribution in [0.15, 0.2) is 36.4 Å². The van der Waals surface area contributed by atoms with Gasteiger partial charge >= 0.3 is 0 Å². The number of benzene rings is 1. The first-order valence-corrected chi connectivity index (χ1v) is 7.75. The second-order valence-electron chi connectivity index (χ2n) is 5.67. The van der Waals surface area contributed by atoms with Crippen LogP contribution in [0.4, 0.5) is 5.82 Å². The number of anilines is 1. The zero-order valence-corrected chi connectivity index (χ0v) is 13.0. The number of aromatic nitrogens is 2. The van der Waals surface area contributed by atoms with E-state index in [1.807, 2.05) is 36.4 Å². The van der Waals surface area contributed by atoms with Gasteiger partial charge in [0.05, 0.1) is 16.3 Å². The van der Waals surface area contributed by atoms with Crippen molar-refractivity contribution in [2.24, 2.45) is 5.73 Å². The molecule has 0 aliphatic carbocycles. The highest BCUT2D eigenvalue weighted by atomic mass is 35.5. The van der Waals surface area contributed by atoms with Crippen molar-refractivity contribution in [1.29, 1.82) is 0 Å². The van der Waals surface area contributed by atoms with Gasteiger partial charge in [-0.2, -0.15) is 0 Å². The van der Waals surface area contributed by atoms with Crippen LogP contribution in [0, 0.1) is 0 Å². The molecule has 0 radical (unpaired) electrons. The van der Waals surface area contributed by atoms with E-state index in [0.717, 1.165) is 30.2 Å². The second-order valence-corrected chi connectivity index (χ2v) is 6.08. The summed E-state index contributed by atoms with van der Waals surface area (Å²) in [4.78, 5) is 2.12. The summed E-state index contributed by atoms with van der Waals surface area (Å²) in [6.07, 6.45) is 1.30. The first kappa shape index (κ1) is 15.2. The Morgan fingerprint density at radius 3 is 2.45 bits per heavy atom. The van der Waals surface area contributed by atoms with E-state index in [-0.39, 0.29) is 0 Å². The number of hydrogen-bond donors (Lipinski definition) is 2. The average molecular weight is 319 g/mol. The van der Waals surface area contributed by atoms with E-state index < -0.39 is 5.60 Å². The highest BCUT2D eigenvalue weighted by molar-refractivity contribution is 6.33. The van der Waals surface area contributed by atoms with E-state index in [1.165, 1.54) is 0 Å². The van der Waals surface area contributed by atoms with Crippen molar-refractivity contribution in [2.45, 2.75) is 18.4 Å². The van der Waals surface area contributed by atoms with Gasteiger partial charge in [0.1, 0.15) is 0 Å². The van der Waals surface area contributed by atoms with Gasteiger partial charge in [0, 0.05) is 25.2 Å². The Labute approximate surface area is 134 Å². The zero-order chi connectivity index (χ0) is 15.6. The van der Waals surface area contributed by atoms with Crippen molar-refractivity contribution in [3.63, 3.8) is 0 Å². The van der Waals surface area contributed by atoms with Gasteiger partial charge in [-0.1, -0.05) is 29.8 Å². The smallest absolute Gasteiger partial charge is 0.151 e. The van der Waals surface area contributed by atoms with Gasteiger partial charge in [0.2, 0.25) is 0 Å². The fourth-order valence-corrected chi connectivity index (χ4v) is 2.90. The molecule has 6 heteroatoms. The van der Waals surface area contributed by atoms with Crippen LogP contribution in [-0.2, 0) is 0 Å². The molecule has 1 aliphatic heterocycles. The fraction of sp³-hybridized carbons (Fsp3) is 0.375. The van der Waals surface area contributed by atoms with E-state index in [1.54, 1.807) is 0 Å². The molecule has 3 rings (SSSR count). The molecule has 3 N–H and O–H groups in total. The molecule has 1 saturated heterocycles. The van der Waals surface area contributed by atoms with Crippen molar-refractivity contribution in [3.05, 3.63) is 41.4 Å². The molecule has 0 atom stereocenters. The highest BCUT2D eigenvalue weighted by Crippen LogP contribution is 2.28. The van der Waals surface area contributed by atoms with Crippen LogP contribution < -0.4 is 10.6 Å². The lowest BCUT2D eigenvalue weighted by atomic mass is 9.92. The molecule has 0 amide bonds. The van der Waals surface area contributed by atoms with Crippen LogP contribution in [0.2, 0.25) is 5.02 Å². The predicted octanol–water partition coefficient (Wildman–Crippen LogP) is 2.09. The molecular formula is C16H19ClN4O. The molecule has 0 spiro atoms. The predicted molar refractivity (Wildman–Crippen MR) is 87.9 cm³/mol. The Hall–Kier alpha value is -1.69. The minimum atomic E-state index is -0.735. The maximum Gasteiger partial charge on any atom is 0.151 e. The molecule has 1 aromatic heterocycles. The minimum Gasteiger partial charge on any atom is -0.388 e. The van der Waals surface area contributed by atoms with Gasteiger partial charge in [-0.15, -0.1) is 10.2 Å². The summed E-state index contributed by atoms with van der Waals surface area (Å²) in [5.74, 6) is 0.815. The summed E-state index contributed by atoms with van der Waals surface area (Å²) in [7, 11) is 0. The van der Waals surface area contributed by atoms with Gasteiger partial charge in [0.25, 0.3) is 0 Å². The number of rotatable bonds is 3. The molecule has 0 bridgehead atoms. The summed E-state index contributed by atoms with van der Waals surface area (Å²) in [6.45, 7) is 1.76. The maximum atomic E-state index is 10.2. The quantitative estimate of drug-likeness (QED) is 0.906. The van der Waals surface area contributed by atoms with Crippen molar-refractivity contribution in [2.75, 3.05) is 24.5 Å². The summed E-state index contributed by atoms with van der Waals surface area (Å²) in [6, 6.07) is 11.4. The molecule has 0 saturated carbocycles. The summed E-state index contributed by atoms with van der Waals surface area (Å²) in [5, 5.41) is 19.4. The van der Waals surface area contributed by atoms with Crippen molar-refractivity contribution in [1.82, 2.24) is 10.2 Å². The van der Waals surface area contributed by atoms with E-state index >= 15 is 0 Å². The molecule has 2 heterocycles. The van der Waals surface area contributed by atoms with Crippen molar-refractivity contribution in [3.8, 4) is 11.3 Å². The van der Waals surface area contributed by atoms with E-state index in [2.05, 4.69) is 15.1 Å². The first-order valence-electron chi connectivity index (χ1n) is 7.37. The maximum absolute atomic E-state index is 10.2. The molecular weight excluding hydrogens is 300 g/mol. The minimum absolute atomic E-state index is 0.304. The Morgan fingerprint density at radius 2 is 1.86 bits per heavy atom. The van der Waals surface area contributed by atoms with Crippen LogP contribution in [-0.4, -0.2) is 40.5 Å². The third-order valence-corrected chi connectivity index (χ3v) is 4.53. The van der Waals surface area contributed by atoms with Crippen molar-refractivity contribution >= 4 is 17.4 Å². The largest absolute Gasteiger partial charge is 0.388 e. The summed E-state index contributed by atoms with van der Waals surface area (Å²) >= 11 is 6.18. The Morgan fingerprint density at radius 1 is 1.14 bits per heavy atom. The van der Waals surface area contributed by atoms with Crippen LogP contribution in [0.1, 0.15) is 12.8 Å². The summed E-state index contributed by atoms with van der Waals surface area (Å²) < 4.78 is 0. The second kappa shape index (κ2) is 6.20. The lowest BCUT2D eigenvalue weighted by Gasteiger charge is -2.37. The molecule has 22 heavy (non-hydrogen) atoms. The molecule has 1 fully saturated rings. The van der Waals surface area contributed by atoms with Gasteiger partial charge in [-0.05, 0) is 31.0 Å². The van der Waals surface area contributed by atoms with E-state index in [0.29, 0.717) is 24.4 Å². The Balaban J connectivity index is 1.74. The average Bonchev–Trinajstić information content (AvgIpc) is 2.56. The third kappa shape index (κ3) is 3.06. The molecule has 1 aliphatic rings. The SMILES string of the molecule is NCC1(O)CCN(c2ccc(-c3ccccc3Cl)nn2)CC1. The van der Waals surface area contributed by atoms with Crippen molar-refractivity contribution < 1.29 is 5.11 Å². The number of aliphatic hydroxyl groups is 1. The Kier molecular flexibility index (Phi) is 4.29. The number of halogens is 1. The van der Waals surface area contributed by atoms with Gasteiger partial charge in [-0.25, -0.2) is 0 Å². The van der Waals surface area contributed by atoms with Crippen LogP contribution in [0.5, 0.6) is 0 Å². The summed E-state index contributed by atoms with van der Waals surface area (Å²) in [5.41, 5.74) is 6.51. The molecule has 1 aromatic carbocycles. The monoisotopic (exact) mass is 318 g/mol. The topological polar surface area (TPSA) is 75.3 Å². The lowest BCUT2D eigenvalue weighted by molar-refractivity contribution is 0.0248. The van der Waals surface area contributed by atoms with Crippen LogP contribution >= 0.6 is 11.6 Å². The fourth-order valence-electron chi connectivity index (χ4n) is 2.66. The lowest BCUT2D eigenvalue weighted by Crippen LogP contribution is -2.49. The number of hydrogen-bond acceptors (Lipinski definition) is 5. The zero-order valence-electron chi connectivity index (χ0n) is 12.2. The molecule has 0 unspecified atom stereocenters. The molecule has 116 valence electrons. The first-order chi connectivity index (χ1) is 10.6.